The number of rotatable bonds is 11. The van der Waals surface area contributed by atoms with Crippen LogP contribution in [-0.2, 0) is 9.47 Å². The van der Waals surface area contributed by atoms with E-state index in [4.69, 9.17) is 15.2 Å². The molecule has 0 amide bonds. The third-order valence-corrected chi connectivity index (χ3v) is 2.85. The van der Waals surface area contributed by atoms with Crippen LogP contribution in [0.3, 0.4) is 0 Å². The summed E-state index contributed by atoms with van der Waals surface area (Å²) in [4.78, 5) is 2.31. The van der Waals surface area contributed by atoms with Gasteiger partial charge in [0.1, 0.15) is 0 Å². The maximum Gasteiger partial charge on any atom is 0.0863 e. The Morgan fingerprint density at radius 2 is 1.79 bits per heavy atom. The van der Waals surface area contributed by atoms with Gasteiger partial charge < -0.3 is 20.1 Å². The fraction of sp³-hybridized carbons (Fsp3) is 1.00. The Hall–Kier alpha value is -0.160. The van der Waals surface area contributed by atoms with Crippen LogP contribution in [0.25, 0.3) is 0 Å². The number of likely N-dealkylation sites (N-methyl/N-ethyl adjacent to an activating group) is 1. The zero-order chi connectivity index (χ0) is 14.9. The van der Waals surface area contributed by atoms with E-state index >= 15 is 0 Å². The number of nitrogens with two attached hydrogens (primary N) is 1. The van der Waals surface area contributed by atoms with Gasteiger partial charge in [-0.2, -0.15) is 0 Å². The first-order chi connectivity index (χ1) is 8.76. The van der Waals surface area contributed by atoms with Crippen LogP contribution in [0.15, 0.2) is 0 Å². The second-order valence-corrected chi connectivity index (χ2v) is 6.31. The highest BCUT2D eigenvalue weighted by atomic mass is 16.6. The van der Waals surface area contributed by atoms with Gasteiger partial charge in [-0.1, -0.05) is 0 Å². The van der Waals surface area contributed by atoms with Crippen LogP contribution in [0.2, 0.25) is 0 Å². The van der Waals surface area contributed by atoms with E-state index in [0.29, 0.717) is 6.61 Å². The second-order valence-electron chi connectivity index (χ2n) is 6.31. The summed E-state index contributed by atoms with van der Waals surface area (Å²) in [7, 11) is 2.13. The Bertz CT molecular complexity index is 220. The monoisotopic (exact) mass is 274 g/mol. The third-order valence-electron chi connectivity index (χ3n) is 2.85. The van der Waals surface area contributed by atoms with Crippen LogP contribution in [0.4, 0.5) is 0 Å². The van der Waals surface area contributed by atoms with Crippen molar-refractivity contribution >= 4 is 0 Å². The molecule has 0 aliphatic rings. The lowest BCUT2D eigenvalue weighted by Crippen LogP contribution is -2.39. The average molecular weight is 274 g/mol. The third kappa shape index (κ3) is 11.4. The molecule has 4 nitrogen and oxygen atoms in total. The molecular weight excluding hydrogens is 240 g/mol. The van der Waals surface area contributed by atoms with Crippen molar-refractivity contribution in [3.05, 3.63) is 0 Å². The van der Waals surface area contributed by atoms with Crippen LogP contribution in [0.5, 0.6) is 0 Å². The van der Waals surface area contributed by atoms with Crippen molar-refractivity contribution in [2.75, 3.05) is 33.3 Å². The van der Waals surface area contributed by atoms with Crippen molar-refractivity contribution in [1.29, 1.82) is 0 Å². The van der Waals surface area contributed by atoms with Gasteiger partial charge in [0.2, 0.25) is 0 Å². The summed E-state index contributed by atoms with van der Waals surface area (Å²) in [6, 6.07) is 0. The summed E-state index contributed by atoms with van der Waals surface area (Å²) in [5.74, 6) is 0. The number of unbranched alkanes of at least 4 members (excludes halogenated alkanes) is 1. The van der Waals surface area contributed by atoms with Gasteiger partial charge in [0.05, 0.1) is 24.4 Å². The van der Waals surface area contributed by atoms with Crippen molar-refractivity contribution in [3.8, 4) is 0 Å². The molecule has 0 aliphatic carbocycles. The van der Waals surface area contributed by atoms with Gasteiger partial charge in [0.15, 0.2) is 0 Å². The van der Waals surface area contributed by atoms with E-state index in [2.05, 4.69) is 32.7 Å². The maximum atomic E-state index is 6.07. The van der Waals surface area contributed by atoms with Gasteiger partial charge in [0, 0.05) is 6.54 Å². The van der Waals surface area contributed by atoms with Gasteiger partial charge >= 0.3 is 0 Å². The first-order valence-corrected chi connectivity index (χ1v) is 7.45. The maximum absolute atomic E-state index is 6.07. The average Bonchev–Trinajstić information content (AvgIpc) is 2.26. The number of nitrogens with zero attached hydrogens (tertiary/aromatic N) is 1. The molecule has 1 atom stereocenters. The van der Waals surface area contributed by atoms with Crippen LogP contribution >= 0.6 is 0 Å². The molecular formula is C15H34N2O2. The Balaban J connectivity index is 3.90. The highest BCUT2D eigenvalue weighted by Gasteiger charge is 2.23. The minimum Gasteiger partial charge on any atom is -0.376 e. The fourth-order valence-electron chi connectivity index (χ4n) is 2.04. The van der Waals surface area contributed by atoms with E-state index < -0.39 is 0 Å². The summed E-state index contributed by atoms with van der Waals surface area (Å²) in [6.45, 7) is 13.8. The number of hydrogen-bond acceptors (Lipinski definition) is 4. The fourth-order valence-corrected chi connectivity index (χ4v) is 2.04. The molecule has 0 spiro atoms. The summed E-state index contributed by atoms with van der Waals surface area (Å²) in [6.07, 6.45) is 2.69. The molecule has 0 bridgehead atoms. The molecule has 116 valence electrons. The standard InChI is InChI=1S/C15H34N2O2/c1-13(2)18-12-15(4,5)19-14(3)11-17(6)10-8-7-9-16/h13-14H,7-12,16H2,1-6H3. The molecule has 0 rings (SSSR count). The zero-order valence-electron chi connectivity index (χ0n) is 13.7. The van der Waals surface area contributed by atoms with Gasteiger partial charge in [0.25, 0.3) is 0 Å². The zero-order valence-corrected chi connectivity index (χ0v) is 13.7. The molecule has 0 saturated heterocycles. The highest BCUT2D eigenvalue weighted by Crippen LogP contribution is 2.14. The number of hydrogen-bond donors (Lipinski definition) is 1. The van der Waals surface area contributed by atoms with Crippen molar-refractivity contribution in [2.24, 2.45) is 5.73 Å². The molecule has 0 saturated carbocycles. The first-order valence-electron chi connectivity index (χ1n) is 7.45. The van der Waals surface area contributed by atoms with Crippen LogP contribution in [-0.4, -0.2) is 56.0 Å². The topological polar surface area (TPSA) is 47.7 Å². The SMILES string of the molecule is CC(C)OCC(C)(C)OC(C)CN(C)CCCCN. The first kappa shape index (κ1) is 18.8. The largest absolute Gasteiger partial charge is 0.376 e. The van der Waals surface area contributed by atoms with E-state index in [0.717, 1.165) is 32.5 Å². The Kier molecular flexibility index (Phi) is 9.62. The molecule has 0 radical (unpaired) electrons. The molecule has 0 aromatic heterocycles. The van der Waals surface area contributed by atoms with E-state index in [1.165, 1.54) is 0 Å². The Labute approximate surface area is 119 Å². The summed E-state index contributed by atoms with van der Waals surface area (Å²) in [5, 5.41) is 0. The van der Waals surface area contributed by atoms with Gasteiger partial charge in [-0.05, 0) is 67.6 Å². The van der Waals surface area contributed by atoms with Gasteiger partial charge in [-0.3, -0.25) is 0 Å². The summed E-state index contributed by atoms with van der Waals surface area (Å²) >= 11 is 0. The number of ether oxygens (including phenoxy) is 2. The van der Waals surface area contributed by atoms with Crippen LogP contribution in [0, 0.1) is 0 Å². The van der Waals surface area contributed by atoms with E-state index in [1.807, 2.05) is 13.8 Å². The Morgan fingerprint density at radius 1 is 1.16 bits per heavy atom. The molecule has 0 aromatic carbocycles. The molecule has 1 unspecified atom stereocenters. The predicted molar refractivity (Wildman–Crippen MR) is 81.5 cm³/mol. The van der Waals surface area contributed by atoms with E-state index in [1.54, 1.807) is 0 Å². The minimum absolute atomic E-state index is 0.202. The van der Waals surface area contributed by atoms with Crippen LogP contribution in [0.1, 0.15) is 47.5 Å². The van der Waals surface area contributed by atoms with Crippen molar-refractivity contribution in [1.82, 2.24) is 4.90 Å². The normalized spacial score (nSPS) is 14.4. The molecule has 2 N–H and O–H groups in total. The van der Waals surface area contributed by atoms with E-state index in [-0.39, 0.29) is 17.8 Å². The van der Waals surface area contributed by atoms with Crippen LogP contribution < -0.4 is 5.73 Å². The quantitative estimate of drug-likeness (QED) is 0.587. The van der Waals surface area contributed by atoms with Gasteiger partial charge in [-0.15, -0.1) is 0 Å². The van der Waals surface area contributed by atoms with Crippen molar-refractivity contribution in [2.45, 2.75) is 65.3 Å². The molecule has 4 heteroatoms. The molecule has 19 heavy (non-hydrogen) atoms. The smallest absolute Gasteiger partial charge is 0.0863 e. The summed E-state index contributed by atoms with van der Waals surface area (Å²) < 4.78 is 11.7. The second kappa shape index (κ2) is 9.70. The molecule has 0 aromatic rings. The Morgan fingerprint density at radius 3 is 2.32 bits per heavy atom. The lowest BCUT2D eigenvalue weighted by molar-refractivity contribution is -0.120. The van der Waals surface area contributed by atoms with E-state index in [9.17, 15) is 0 Å². The summed E-state index contributed by atoms with van der Waals surface area (Å²) in [5.41, 5.74) is 5.27. The lowest BCUT2D eigenvalue weighted by Gasteiger charge is -2.31. The van der Waals surface area contributed by atoms with Gasteiger partial charge in [-0.25, -0.2) is 0 Å². The molecule has 0 aliphatic heterocycles. The molecule has 0 heterocycles. The van der Waals surface area contributed by atoms with Crippen molar-refractivity contribution in [3.63, 3.8) is 0 Å². The minimum atomic E-state index is -0.234. The van der Waals surface area contributed by atoms with Crippen molar-refractivity contribution < 1.29 is 9.47 Å². The molecule has 0 fully saturated rings. The lowest BCUT2D eigenvalue weighted by atomic mass is 10.1. The highest BCUT2D eigenvalue weighted by molar-refractivity contribution is 4.71. The predicted octanol–water partition coefficient (Wildman–Crippen LogP) is 2.27.